The van der Waals surface area contributed by atoms with E-state index in [-0.39, 0.29) is 16.7 Å². The van der Waals surface area contributed by atoms with E-state index in [1.165, 1.54) is 5.69 Å². The lowest BCUT2D eigenvalue weighted by atomic mass is 10.0. The highest BCUT2D eigenvalue weighted by molar-refractivity contribution is 5.60. The number of nitro groups is 1. The lowest BCUT2D eigenvalue weighted by Crippen LogP contribution is -2.39. The van der Waals surface area contributed by atoms with E-state index < -0.39 is 0 Å². The first kappa shape index (κ1) is 18.0. The topological polar surface area (TPSA) is 85.5 Å². The molecule has 1 fully saturated rings. The van der Waals surface area contributed by atoms with Crippen molar-refractivity contribution in [3.63, 3.8) is 0 Å². The summed E-state index contributed by atoms with van der Waals surface area (Å²) in [6.07, 6.45) is 2.37. The molecule has 0 spiro atoms. The van der Waals surface area contributed by atoms with Gasteiger partial charge in [0.1, 0.15) is 11.4 Å². The number of aromatic nitrogens is 2. The zero-order chi connectivity index (χ0) is 18.7. The summed E-state index contributed by atoms with van der Waals surface area (Å²) in [4.78, 5) is 13.4. The van der Waals surface area contributed by atoms with Crippen molar-refractivity contribution in [1.82, 2.24) is 9.78 Å². The van der Waals surface area contributed by atoms with Crippen LogP contribution in [0.1, 0.15) is 25.5 Å². The zero-order valence-electron chi connectivity index (χ0n) is 15.4. The third-order valence-electron chi connectivity index (χ3n) is 4.88. The Kier molecular flexibility index (Phi) is 5.29. The fraction of sp³-hybridized carbons (Fsp3) is 0.500. The largest absolute Gasteiger partial charge is 0.497 e. The van der Waals surface area contributed by atoms with Gasteiger partial charge in [-0.3, -0.25) is 10.1 Å². The lowest BCUT2D eigenvalue weighted by molar-refractivity contribution is -0.384. The van der Waals surface area contributed by atoms with Gasteiger partial charge in [-0.1, -0.05) is 6.92 Å². The van der Waals surface area contributed by atoms with E-state index in [1.54, 1.807) is 18.8 Å². The number of hydrogen-bond acceptors (Lipinski definition) is 6. The van der Waals surface area contributed by atoms with Crippen LogP contribution in [0.4, 0.5) is 17.2 Å². The first-order chi connectivity index (χ1) is 12.5. The van der Waals surface area contributed by atoms with E-state index in [1.807, 2.05) is 19.1 Å². The Bertz CT molecular complexity index is 764. The van der Waals surface area contributed by atoms with Crippen molar-refractivity contribution in [3.05, 3.63) is 40.1 Å². The van der Waals surface area contributed by atoms with Crippen LogP contribution in [0.25, 0.3) is 0 Å². The van der Waals surface area contributed by atoms with Gasteiger partial charge in [-0.05, 0) is 43.5 Å². The van der Waals surface area contributed by atoms with Gasteiger partial charge in [-0.15, -0.1) is 0 Å². The molecule has 1 aliphatic rings. The number of nitrogens with one attached hydrogen (secondary N) is 1. The molecule has 0 aliphatic carbocycles. The molecular weight excluding hydrogens is 334 g/mol. The molecule has 0 unspecified atom stereocenters. The molecular formula is C18H25N5O3. The van der Waals surface area contributed by atoms with E-state index in [0.29, 0.717) is 17.9 Å². The molecule has 1 aliphatic heterocycles. The van der Waals surface area contributed by atoms with Crippen LogP contribution in [-0.4, -0.2) is 40.9 Å². The third-order valence-corrected chi connectivity index (χ3v) is 4.88. The minimum Gasteiger partial charge on any atom is -0.497 e. The van der Waals surface area contributed by atoms with Gasteiger partial charge < -0.3 is 15.0 Å². The second-order valence-electron chi connectivity index (χ2n) is 6.48. The molecule has 0 radical (unpaired) electrons. The minimum absolute atomic E-state index is 0.104. The van der Waals surface area contributed by atoms with Crippen molar-refractivity contribution in [1.29, 1.82) is 0 Å². The first-order valence-electron chi connectivity index (χ1n) is 8.89. The van der Waals surface area contributed by atoms with Gasteiger partial charge in [-0.25, -0.2) is 4.68 Å². The lowest BCUT2D eigenvalue weighted by Gasteiger charge is -2.34. The second kappa shape index (κ2) is 7.63. The fourth-order valence-electron chi connectivity index (χ4n) is 3.43. The molecule has 1 N–H and O–H groups in total. The molecule has 1 saturated heterocycles. The molecule has 140 valence electrons. The summed E-state index contributed by atoms with van der Waals surface area (Å²) in [5.41, 5.74) is 1.80. The van der Waals surface area contributed by atoms with Crippen LogP contribution in [0.5, 0.6) is 5.75 Å². The van der Waals surface area contributed by atoms with Crippen molar-refractivity contribution in [2.45, 2.75) is 32.2 Å². The highest BCUT2D eigenvalue weighted by Crippen LogP contribution is 2.31. The highest BCUT2D eigenvalue weighted by atomic mass is 16.6. The van der Waals surface area contributed by atoms with Crippen LogP contribution in [0.3, 0.4) is 0 Å². The van der Waals surface area contributed by atoms with E-state index in [0.717, 1.165) is 31.7 Å². The average Bonchev–Trinajstić information content (AvgIpc) is 2.98. The summed E-state index contributed by atoms with van der Waals surface area (Å²) < 4.78 is 6.79. The number of hydrogen-bond donors (Lipinski definition) is 1. The number of methoxy groups -OCH3 is 1. The van der Waals surface area contributed by atoms with Crippen LogP contribution in [-0.2, 0) is 13.5 Å². The number of benzene rings is 1. The Hall–Kier alpha value is -2.77. The standard InChI is InChI=1S/C18H25N5O3/c1-4-16-17(23(24)25)18(21(2)20-16)19-13-9-11-22(12-10-13)14-5-7-15(26-3)8-6-14/h5-8,13,19H,4,9-12H2,1-3H3. The van der Waals surface area contributed by atoms with E-state index in [4.69, 9.17) is 4.74 Å². The molecule has 0 bridgehead atoms. The van der Waals surface area contributed by atoms with Gasteiger partial charge in [0.2, 0.25) is 5.82 Å². The quantitative estimate of drug-likeness (QED) is 0.630. The van der Waals surface area contributed by atoms with Crippen molar-refractivity contribution < 1.29 is 9.66 Å². The maximum absolute atomic E-state index is 11.4. The van der Waals surface area contributed by atoms with Crippen molar-refractivity contribution >= 4 is 17.2 Å². The van der Waals surface area contributed by atoms with Crippen molar-refractivity contribution in [2.75, 3.05) is 30.4 Å². The van der Waals surface area contributed by atoms with Gasteiger partial charge in [0.05, 0.1) is 12.0 Å². The smallest absolute Gasteiger partial charge is 0.333 e. The number of rotatable bonds is 6. The first-order valence-corrected chi connectivity index (χ1v) is 8.89. The van der Waals surface area contributed by atoms with Gasteiger partial charge in [0.25, 0.3) is 0 Å². The van der Waals surface area contributed by atoms with Crippen LogP contribution >= 0.6 is 0 Å². The van der Waals surface area contributed by atoms with Crippen LogP contribution in [0.2, 0.25) is 0 Å². The summed E-state index contributed by atoms with van der Waals surface area (Å²) in [6.45, 7) is 3.68. The Morgan fingerprint density at radius 3 is 2.50 bits per heavy atom. The van der Waals surface area contributed by atoms with Gasteiger partial charge >= 0.3 is 5.69 Å². The summed E-state index contributed by atoms with van der Waals surface area (Å²) in [6, 6.07) is 8.25. The number of piperidine rings is 1. The Morgan fingerprint density at radius 1 is 1.31 bits per heavy atom. The summed E-state index contributed by atoms with van der Waals surface area (Å²) in [5.74, 6) is 1.36. The van der Waals surface area contributed by atoms with Gasteiger partial charge in [0, 0.05) is 31.9 Å². The zero-order valence-corrected chi connectivity index (χ0v) is 15.4. The number of anilines is 2. The molecule has 0 saturated carbocycles. The average molecular weight is 359 g/mol. The normalized spacial score (nSPS) is 15.1. The minimum atomic E-state index is -0.333. The maximum Gasteiger partial charge on any atom is 0.333 e. The molecule has 2 aromatic rings. The van der Waals surface area contributed by atoms with Gasteiger partial charge in [0.15, 0.2) is 0 Å². The highest BCUT2D eigenvalue weighted by Gasteiger charge is 2.28. The molecule has 3 rings (SSSR count). The van der Waals surface area contributed by atoms with Crippen molar-refractivity contribution in [3.8, 4) is 5.75 Å². The second-order valence-corrected chi connectivity index (χ2v) is 6.48. The number of ether oxygens (including phenoxy) is 1. The molecule has 2 heterocycles. The maximum atomic E-state index is 11.4. The molecule has 8 nitrogen and oxygen atoms in total. The number of aryl methyl sites for hydroxylation is 2. The monoisotopic (exact) mass is 359 g/mol. The molecule has 26 heavy (non-hydrogen) atoms. The molecule has 1 aromatic carbocycles. The fourth-order valence-corrected chi connectivity index (χ4v) is 3.43. The van der Waals surface area contributed by atoms with Crippen LogP contribution in [0.15, 0.2) is 24.3 Å². The predicted molar refractivity (Wildman–Crippen MR) is 101 cm³/mol. The van der Waals surface area contributed by atoms with E-state index in [9.17, 15) is 10.1 Å². The van der Waals surface area contributed by atoms with Crippen LogP contribution < -0.4 is 15.0 Å². The van der Waals surface area contributed by atoms with Crippen molar-refractivity contribution in [2.24, 2.45) is 7.05 Å². The SMILES string of the molecule is CCc1nn(C)c(NC2CCN(c3ccc(OC)cc3)CC2)c1[N+](=O)[O-]. The van der Waals surface area contributed by atoms with Gasteiger partial charge in [-0.2, -0.15) is 5.10 Å². The molecule has 0 atom stereocenters. The Labute approximate surface area is 152 Å². The summed E-state index contributed by atoms with van der Waals surface area (Å²) in [5, 5.41) is 19.1. The van der Waals surface area contributed by atoms with Crippen LogP contribution in [0, 0.1) is 10.1 Å². The summed E-state index contributed by atoms with van der Waals surface area (Å²) >= 11 is 0. The summed E-state index contributed by atoms with van der Waals surface area (Å²) in [7, 11) is 3.41. The molecule has 8 heteroatoms. The Morgan fingerprint density at radius 2 is 1.96 bits per heavy atom. The van der Waals surface area contributed by atoms with E-state index in [2.05, 4.69) is 27.4 Å². The van der Waals surface area contributed by atoms with E-state index >= 15 is 0 Å². The molecule has 1 aromatic heterocycles. The number of nitrogens with zero attached hydrogens (tertiary/aromatic N) is 4. The molecule has 0 amide bonds. The third kappa shape index (κ3) is 3.58. The Balaban J connectivity index is 1.65. The predicted octanol–water partition coefficient (Wildman–Crippen LogP) is 2.98.